The molecular formula is C35H31F8N5O4. The molecule has 0 radical (unpaired) electrons. The number of alkyl halides is 6. The summed E-state index contributed by atoms with van der Waals surface area (Å²) in [5.41, 5.74) is 5.68. The van der Waals surface area contributed by atoms with Gasteiger partial charge in [-0.05, 0) is 78.0 Å². The van der Waals surface area contributed by atoms with E-state index >= 15 is 8.78 Å². The molecule has 0 unspecified atom stereocenters. The fraction of sp³-hybridized carbons (Fsp3) is 0.257. The largest absolute Gasteiger partial charge is 0.490 e. The number of carboxylic acids is 2. The van der Waals surface area contributed by atoms with Gasteiger partial charge in [0.2, 0.25) is 0 Å². The van der Waals surface area contributed by atoms with E-state index in [1.807, 2.05) is 42.5 Å². The number of aliphatic carboxylic acids is 2. The minimum absolute atomic E-state index is 0.342. The molecule has 0 atom stereocenters. The second-order valence-electron chi connectivity index (χ2n) is 11.3. The molecule has 17 heteroatoms. The molecule has 6 rings (SSSR count). The monoisotopic (exact) mass is 737 g/mol. The van der Waals surface area contributed by atoms with Gasteiger partial charge in [0, 0.05) is 13.1 Å². The normalized spacial score (nSPS) is 14.5. The number of carbonyl (C=O) groups is 2. The van der Waals surface area contributed by atoms with Crippen LogP contribution in [0.4, 0.5) is 35.1 Å². The SMILES string of the molecule is Fc1cc(C2=CCNCC2)ccc1-c1nnc(-c2ccc(C3=CCNCC3)cc2F)n1Cc1ccccc1.O=C(O)C(F)(F)F.O=C(O)C(F)(F)F. The Morgan fingerprint density at radius 2 is 1.08 bits per heavy atom. The first-order valence-corrected chi connectivity index (χ1v) is 15.5. The Labute approximate surface area is 291 Å². The van der Waals surface area contributed by atoms with Crippen molar-refractivity contribution in [1.82, 2.24) is 25.4 Å². The van der Waals surface area contributed by atoms with Gasteiger partial charge < -0.3 is 25.4 Å². The average molecular weight is 738 g/mol. The standard InChI is InChI=1S/C31H29F2N5.2C2HF3O2/c32-28-18-24(22-10-14-34-15-11-22)6-8-26(28)30-36-37-31(38(30)20-21-4-2-1-3-5-21)27-9-7-25(19-29(27)33)23-12-16-35-17-13-23;2*3-2(4,5)1(6)7/h1-10,12,18-19,34-35H,11,13-17,20H2;2*(H,6,7). The summed E-state index contributed by atoms with van der Waals surface area (Å²) >= 11 is 0. The van der Waals surface area contributed by atoms with Crippen LogP contribution in [0, 0.1) is 11.6 Å². The maximum atomic E-state index is 15.6. The maximum Gasteiger partial charge on any atom is 0.490 e. The summed E-state index contributed by atoms with van der Waals surface area (Å²) in [5.74, 6) is -5.51. The van der Waals surface area contributed by atoms with Gasteiger partial charge in [-0.3, -0.25) is 0 Å². The third-order valence-electron chi connectivity index (χ3n) is 7.71. The Hall–Kier alpha value is -5.42. The van der Waals surface area contributed by atoms with Gasteiger partial charge in [0.05, 0.1) is 17.7 Å². The topological polar surface area (TPSA) is 129 Å². The summed E-state index contributed by atoms with van der Waals surface area (Å²) in [6.07, 6.45) is -4.26. The van der Waals surface area contributed by atoms with Crippen molar-refractivity contribution < 1.29 is 54.9 Å². The van der Waals surface area contributed by atoms with Gasteiger partial charge in [-0.15, -0.1) is 10.2 Å². The van der Waals surface area contributed by atoms with Crippen LogP contribution in [0.15, 0.2) is 78.9 Å². The zero-order valence-electron chi connectivity index (χ0n) is 27.0. The Morgan fingerprint density at radius 3 is 1.40 bits per heavy atom. The van der Waals surface area contributed by atoms with Crippen molar-refractivity contribution in [1.29, 1.82) is 0 Å². The van der Waals surface area contributed by atoms with Gasteiger partial charge in [0.15, 0.2) is 11.6 Å². The van der Waals surface area contributed by atoms with Crippen molar-refractivity contribution in [2.75, 3.05) is 26.2 Å². The van der Waals surface area contributed by atoms with Gasteiger partial charge in [-0.2, -0.15) is 26.3 Å². The Kier molecular flexibility index (Phi) is 13.0. The van der Waals surface area contributed by atoms with Crippen molar-refractivity contribution in [2.45, 2.75) is 31.7 Å². The van der Waals surface area contributed by atoms with E-state index in [2.05, 4.69) is 33.0 Å². The van der Waals surface area contributed by atoms with E-state index < -0.39 is 24.3 Å². The summed E-state index contributed by atoms with van der Waals surface area (Å²) in [6.45, 7) is 3.71. The highest BCUT2D eigenvalue weighted by Crippen LogP contribution is 2.32. The van der Waals surface area contributed by atoms with Gasteiger partial charge in [-0.1, -0.05) is 54.6 Å². The number of benzene rings is 3. The molecule has 0 spiro atoms. The Bertz CT molecular complexity index is 1820. The molecule has 3 aromatic carbocycles. The molecule has 9 nitrogen and oxygen atoms in total. The smallest absolute Gasteiger partial charge is 0.475 e. The van der Waals surface area contributed by atoms with Crippen LogP contribution in [0.25, 0.3) is 33.9 Å². The summed E-state index contributed by atoms with van der Waals surface area (Å²) in [5, 5.41) is 29.6. The van der Waals surface area contributed by atoms with E-state index in [9.17, 15) is 26.3 Å². The van der Waals surface area contributed by atoms with Gasteiger partial charge >= 0.3 is 24.3 Å². The summed E-state index contributed by atoms with van der Waals surface area (Å²) < 4.78 is 96.4. The van der Waals surface area contributed by atoms with E-state index in [1.165, 1.54) is 0 Å². The number of halogens is 8. The molecular weight excluding hydrogens is 706 g/mol. The van der Waals surface area contributed by atoms with Crippen molar-refractivity contribution in [3.05, 3.63) is 107 Å². The van der Waals surface area contributed by atoms with Crippen LogP contribution >= 0.6 is 0 Å². The first-order chi connectivity index (χ1) is 24.6. The number of carboxylic acid groups (broad SMARTS) is 2. The van der Waals surface area contributed by atoms with Crippen LogP contribution in [-0.4, -0.2) is 75.4 Å². The number of rotatable bonds is 6. The van der Waals surface area contributed by atoms with Crippen LogP contribution in [0.5, 0.6) is 0 Å². The number of nitrogens with zero attached hydrogens (tertiary/aromatic N) is 3. The zero-order chi connectivity index (χ0) is 38.1. The third kappa shape index (κ3) is 10.6. The van der Waals surface area contributed by atoms with E-state index in [1.54, 1.807) is 28.8 Å². The Balaban J connectivity index is 0.000000367. The molecule has 0 saturated heterocycles. The number of hydrogen-bond donors (Lipinski definition) is 4. The highest BCUT2D eigenvalue weighted by Gasteiger charge is 2.39. The summed E-state index contributed by atoms with van der Waals surface area (Å²) in [6, 6.07) is 20.3. The molecule has 0 saturated carbocycles. The van der Waals surface area contributed by atoms with Gasteiger partial charge in [0.1, 0.15) is 11.6 Å². The fourth-order valence-electron chi connectivity index (χ4n) is 5.18. The second kappa shape index (κ2) is 17.2. The van der Waals surface area contributed by atoms with Crippen molar-refractivity contribution in [3.63, 3.8) is 0 Å². The van der Waals surface area contributed by atoms with Crippen LogP contribution in [0.2, 0.25) is 0 Å². The van der Waals surface area contributed by atoms with Gasteiger partial charge in [-0.25, -0.2) is 18.4 Å². The first kappa shape index (κ1) is 39.4. The van der Waals surface area contributed by atoms with Crippen molar-refractivity contribution in [2.24, 2.45) is 0 Å². The van der Waals surface area contributed by atoms with E-state index in [0.29, 0.717) is 29.3 Å². The predicted octanol–water partition coefficient (Wildman–Crippen LogP) is 6.96. The first-order valence-electron chi connectivity index (χ1n) is 15.5. The minimum Gasteiger partial charge on any atom is -0.475 e. The Morgan fingerprint density at radius 1 is 0.673 bits per heavy atom. The highest BCUT2D eigenvalue weighted by atomic mass is 19.4. The minimum atomic E-state index is -5.08. The molecule has 276 valence electrons. The zero-order valence-corrected chi connectivity index (χ0v) is 27.0. The molecule has 0 amide bonds. The lowest BCUT2D eigenvalue weighted by molar-refractivity contribution is -0.193. The van der Waals surface area contributed by atoms with Crippen LogP contribution in [0.1, 0.15) is 29.5 Å². The number of aromatic nitrogens is 3. The molecule has 4 aromatic rings. The summed E-state index contributed by atoms with van der Waals surface area (Å²) in [4.78, 5) is 17.8. The highest BCUT2D eigenvalue weighted by molar-refractivity contribution is 5.74. The van der Waals surface area contributed by atoms with Crippen LogP contribution < -0.4 is 10.6 Å². The maximum absolute atomic E-state index is 15.6. The molecule has 0 bridgehead atoms. The molecule has 52 heavy (non-hydrogen) atoms. The molecule has 3 heterocycles. The van der Waals surface area contributed by atoms with Crippen LogP contribution in [-0.2, 0) is 16.1 Å². The lowest BCUT2D eigenvalue weighted by Crippen LogP contribution is -2.21. The molecule has 2 aliphatic rings. The molecule has 0 fully saturated rings. The van der Waals surface area contributed by atoms with E-state index in [-0.39, 0.29) is 11.6 Å². The molecule has 2 aliphatic heterocycles. The van der Waals surface area contributed by atoms with Crippen molar-refractivity contribution >= 4 is 23.1 Å². The number of hydrogen-bond acceptors (Lipinski definition) is 6. The molecule has 0 aliphatic carbocycles. The van der Waals surface area contributed by atoms with Gasteiger partial charge in [0.25, 0.3) is 0 Å². The molecule has 1 aromatic heterocycles. The molecule has 4 N–H and O–H groups in total. The van der Waals surface area contributed by atoms with E-state index in [0.717, 1.165) is 66.9 Å². The van der Waals surface area contributed by atoms with Crippen molar-refractivity contribution in [3.8, 4) is 22.8 Å². The summed E-state index contributed by atoms with van der Waals surface area (Å²) in [7, 11) is 0. The van der Waals surface area contributed by atoms with E-state index in [4.69, 9.17) is 19.8 Å². The predicted molar refractivity (Wildman–Crippen MR) is 175 cm³/mol. The fourth-order valence-corrected chi connectivity index (χ4v) is 5.18. The quantitative estimate of drug-likeness (QED) is 0.157. The average Bonchev–Trinajstić information content (AvgIpc) is 3.51. The third-order valence-corrected chi connectivity index (χ3v) is 7.71. The second-order valence-corrected chi connectivity index (χ2v) is 11.3. The number of nitrogens with one attached hydrogen (secondary N) is 2. The lowest BCUT2D eigenvalue weighted by atomic mass is 9.98. The van der Waals surface area contributed by atoms with Crippen LogP contribution in [0.3, 0.4) is 0 Å². The lowest BCUT2D eigenvalue weighted by Gasteiger charge is -2.16.